The Morgan fingerprint density at radius 1 is 1.37 bits per heavy atom. The topological polar surface area (TPSA) is 29.0 Å². The number of anilines is 1. The van der Waals surface area contributed by atoms with Gasteiger partial charge >= 0.3 is 0 Å². The van der Waals surface area contributed by atoms with Crippen LogP contribution in [0.25, 0.3) is 10.2 Å². The summed E-state index contributed by atoms with van der Waals surface area (Å²) in [5.74, 6) is 1.76. The van der Waals surface area contributed by atoms with Crippen molar-refractivity contribution in [3.05, 3.63) is 16.8 Å². The van der Waals surface area contributed by atoms with E-state index in [-0.39, 0.29) is 0 Å². The van der Waals surface area contributed by atoms with E-state index in [1.807, 2.05) is 0 Å². The molecule has 1 saturated heterocycles. The van der Waals surface area contributed by atoms with Crippen molar-refractivity contribution in [2.45, 2.75) is 39.2 Å². The van der Waals surface area contributed by atoms with E-state index in [9.17, 15) is 0 Å². The number of rotatable bonds is 2. The summed E-state index contributed by atoms with van der Waals surface area (Å²) in [5.41, 5.74) is 1.31. The molecule has 0 spiro atoms. The molecule has 0 aromatic carbocycles. The largest absolute Gasteiger partial charge is 0.352 e. The number of alkyl halides is 1. The Morgan fingerprint density at radius 3 is 3.00 bits per heavy atom. The molecule has 1 unspecified atom stereocenters. The van der Waals surface area contributed by atoms with Crippen LogP contribution < -0.4 is 4.90 Å². The van der Waals surface area contributed by atoms with Gasteiger partial charge in [-0.25, -0.2) is 9.97 Å². The SMILES string of the molecule is Cc1sc2ncnc(N3CCCCC3CCl)c2c1C. The second kappa shape index (κ2) is 5.25. The van der Waals surface area contributed by atoms with Crippen molar-refractivity contribution in [2.75, 3.05) is 17.3 Å². The maximum atomic E-state index is 6.14. The number of aromatic nitrogens is 2. The fourth-order valence-electron chi connectivity index (χ4n) is 2.82. The predicted molar refractivity (Wildman–Crippen MR) is 82.6 cm³/mol. The van der Waals surface area contributed by atoms with E-state index < -0.39 is 0 Å². The van der Waals surface area contributed by atoms with E-state index in [0.29, 0.717) is 11.9 Å². The van der Waals surface area contributed by atoms with Gasteiger partial charge in [-0.2, -0.15) is 0 Å². The Hall–Kier alpha value is -0.870. The van der Waals surface area contributed by atoms with E-state index in [1.54, 1.807) is 17.7 Å². The van der Waals surface area contributed by atoms with Gasteiger partial charge in [0.25, 0.3) is 0 Å². The van der Waals surface area contributed by atoms with Crippen LogP contribution in [0.2, 0.25) is 0 Å². The van der Waals surface area contributed by atoms with Crippen molar-refractivity contribution in [1.82, 2.24) is 9.97 Å². The summed E-state index contributed by atoms with van der Waals surface area (Å²) in [4.78, 5) is 13.8. The number of hydrogen-bond acceptors (Lipinski definition) is 4. The summed E-state index contributed by atoms with van der Waals surface area (Å²) >= 11 is 7.89. The number of piperidine rings is 1. The summed E-state index contributed by atoms with van der Waals surface area (Å²) in [5, 5.41) is 1.22. The molecule has 1 fully saturated rings. The standard InChI is InChI=1S/C14H18ClN3S/c1-9-10(2)19-14-12(9)13(16-8-17-14)18-6-4-3-5-11(18)7-15/h8,11H,3-7H2,1-2H3. The number of hydrogen-bond donors (Lipinski definition) is 0. The lowest BCUT2D eigenvalue weighted by Crippen LogP contribution is -2.41. The van der Waals surface area contributed by atoms with Crippen molar-refractivity contribution in [1.29, 1.82) is 0 Å². The first-order valence-electron chi connectivity index (χ1n) is 6.75. The molecule has 5 heteroatoms. The molecule has 0 aliphatic carbocycles. The lowest BCUT2D eigenvalue weighted by atomic mass is 10.0. The Morgan fingerprint density at radius 2 is 2.21 bits per heavy atom. The molecule has 3 heterocycles. The van der Waals surface area contributed by atoms with Crippen molar-refractivity contribution in [2.24, 2.45) is 0 Å². The van der Waals surface area contributed by atoms with Gasteiger partial charge in [-0.1, -0.05) is 0 Å². The molecule has 102 valence electrons. The van der Waals surface area contributed by atoms with Gasteiger partial charge in [0.05, 0.1) is 5.39 Å². The first kappa shape index (κ1) is 13.1. The van der Waals surface area contributed by atoms with Gasteiger partial charge in [-0.3, -0.25) is 0 Å². The zero-order valence-electron chi connectivity index (χ0n) is 11.3. The van der Waals surface area contributed by atoms with Crippen molar-refractivity contribution in [3.63, 3.8) is 0 Å². The predicted octanol–water partition coefficient (Wildman–Crippen LogP) is 3.91. The highest BCUT2D eigenvalue weighted by atomic mass is 35.5. The van der Waals surface area contributed by atoms with Crippen LogP contribution in [0.3, 0.4) is 0 Å². The molecule has 0 radical (unpaired) electrons. The van der Waals surface area contributed by atoms with Gasteiger partial charge in [0.15, 0.2) is 0 Å². The minimum atomic E-state index is 0.410. The molecule has 0 saturated carbocycles. The second-order valence-corrected chi connectivity index (χ2v) is 6.67. The zero-order valence-corrected chi connectivity index (χ0v) is 12.9. The van der Waals surface area contributed by atoms with Crippen LogP contribution in [-0.2, 0) is 0 Å². The van der Waals surface area contributed by atoms with Crippen molar-refractivity contribution in [3.8, 4) is 0 Å². The van der Waals surface area contributed by atoms with Crippen LogP contribution in [0.15, 0.2) is 6.33 Å². The maximum Gasteiger partial charge on any atom is 0.141 e. The van der Waals surface area contributed by atoms with Gasteiger partial charge in [-0.15, -0.1) is 22.9 Å². The average Bonchev–Trinajstić information content (AvgIpc) is 2.74. The minimum Gasteiger partial charge on any atom is -0.352 e. The normalized spacial score (nSPS) is 20.2. The lowest BCUT2D eigenvalue weighted by molar-refractivity contribution is 0.485. The number of nitrogens with zero attached hydrogens (tertiary/aromatic N) is 3. The molecule has 3 nitrogen and oxygen atoms in total. The molecule has 0 amide bonds. The maximum absolute atomic E-state index is 6.14. The average molecular weight is 296 g/mol. The number of halogens is 1. The van der Waals surface area contributed by atoms with Crippen molar-refractivity contribution >= 4 is 39.0 Å². The zero-order chi connectivity index (χ0) is 13.4. The Balaban J connectivity index is 2.13. The lowest BCUT2D eigenvalue weighted by Gasteiger charge is -2.35. The van der Waals surface area contributed by atoms with Gasteiger partial charge < -0.3 is 4.90 Å². The van der Waals surface area contributed by atoms with Crippen LogP contribution in [0.4, 0.5) is 5.82 Å². The molecule has 0 bridgehead atoms. The van der Waals surface area contributed by atoms with E-state index in [0.717, 1.165) is 23.6 Å². The van der Waals surface area contributed by atoms with Crippen LogP contribution in [-0.4, -0.2) is 28.4 Å². The molecule has 2 aromatic heterocycles. The van der Waals surface area contributed by atoms with Gasteiger partial charge in [0, 0.05) is 23.3 Å². The molecule has 2 aromatic rings. The monoisotopic (exact) mass is 295 g/mol. The molecule has 19 heavy (non-hydrogen) atoms. The highest BCUT2D eigenvalue weighted by Gasteiger charge is 2.25. The quantitative estimate of drug-likeness (QED) is 0.787. The molecule has 1 atom stereocenters. The third-order valence-electron chi connectivity index (χ3n) is 4.02. The number of fused-ring (bicyclic) bond motifs is 1. The van der Waals surface area contributed by atoms with E-state index >= 15 is 0 Å². The fraction of sp³-hybridized carbons (Fsp3) is 0.571. The van der Waals surface area contributed by atoms with E-state index in [4.69, 9.17) is 11.6 Å². The minimum absolute atomic E-state index is 0.410. The van der Waals surface area contributed by atoms with Crippen LogP contribution in [0.1, 0.15) is 29.7 Å². The second-order valence-electron chi connectivity index (χ2n) is 5.16. The summed E-state index contributed by atoms with van der Waals surface area (Å²) in [6, 6.07) is 0.410. The fourth-order valence-corrected chi connectivity index (χ4v) is 4.13. The van der Waals surface area contributed by atoms with Crippen LogP contribution >= 0.6 is 22.9 Å². The van der Waals surface area contributed by atoms with Gasteiger partial charge in [0.1, 0.15) is 17.0 Å². The van der Waals surface area contributed by atoms with Crippen LogP contribution in [0, 0.1) is 13.8 Å². The number of aryl methyl sites for hydroxylation is 2. The molecular formula is C14H18ClN3S. The van der Waals surface area contributed by atoms with Crippen molar-refractivity contribution < 1.29 is 0 Å². The van der Waals surface area contributed by atoms with E-state index in [1.165, 1.54) is 28.7 Å². The first-order valence-corrected chi connectivity index (χ1v) is 8.10. The highest BCUT2D eigenvalue weighted by Crippen LogP contribution is 2.36. The Bertz CT molecular complexity index is 596. The van der Waals surface area contributed by atoms with Gasteiger partial charge in [-0.05, 0) is 38.7 Å². The first-order chi connectivity index (χ1) is 9.22. The molecule has 3 rings (SSSR count). The molecule has 1 aliphatic rings. The summed E-state index contributed by atoms with van der Waals surface area (Å²) in [6.07, 6.45) is 5.34. The smallest absolute Gasteiger partial charge is 0.141 e. The molecule has 1 aliphatic heterocycles. The van der Waals surface area contributed by atoms with Gasteiger partial charge in [0.2, 0.25) is 0 Å². The summed E-state index contributed by atoms with van der Waals surface area (Å²) in [7, 11) is 0. The third-order valence-corrected chi connectivity index (χ3v) is 5.49. The summed E-state index contributed by atoms with van der Waals surface area (Å²) < 4.78 is 0. The van der Waals surface area contributed by atoms with E-state index in [2.05, 4.69) is 28.7 Å². The molecular weight excluding hydrogens is 278 g/mol. The Labute approximate surface area is 122 Å². The molecule has 0 N–H and O–H groups in total. The number of thiophene rings is 1. The third kappa shape index (κ3) is 2.21. The van der Waals surface area contributed by atoms with Crippen LogP contribution in [0.5, 0.6) is 0 Å². The summed E-state index contributed by atoms with van der Waals surface area (Å²) in [6.45, 7) is 5.37. The Kier molecular flexibility index (Phi) is 3.63. The highest BCUT2D eigenvalue weighted by molar-refractivity contribution is 7.18.